The van der Waals surface area contributed by atoms with Gasteiger partial charge in [0.25, 0.3) is 5.69 Å². The molecule has 1 aromatic heterocycles. The molecule has 16 heavy (non-hydrogen) atoms. The molecule has 2 N–H and O–H groups in total. The third-order valence-corrected chi connectivity index (χ3v) is 2.14. The van der Waals surface area contributed by atoms with E-state index < -0.39 is 4.92 Å². The molecule has 0 radical (unpaired) electrons. The number of aromatic nitrogens is 1. The van der Waals surface area contributed by atoms with Crippen LogP contribution in [0.5, 0.6) is 0 Å². The summed E-state index contributed by atoms with van der Waals surface area (Å²) in [7, 11) is 0. The quantitative estimate of drug-likeness (QED) is 0.566. The van der Waals surface area contributed by atoms with Gasteiger partial charge in [0.15, 0.2) is 0 Å². The average molecular weight is 225 g/mol. The maximum atomic E-state index is 10.5. The minimum absolute atomic E-state index is 0.0202. The van der Waals surface area contributed by atoms with Crippen molar-refractivity contribution in [1.82, 2.24) is 4.98 Å². The fourth-order valence-electron chi connectivity index (χ4n) is 1.33. The Labute approximate surface area is 93.5 Å². The number of nitrogens with one attached hydrogen (secondary N) is 1. The average Bonchev–Trinajstić information content (AvgIpc) is 2.26. The number of hydrogen-bond donors (Lipinski definition) is 2. The largest absolute Gasteiger partial charge is 0.396 e. The molecule has 0 aliphatic carbocycles. The van der Waals surface area contributed by atoms with E-state index in [0.29, 0.717) is 12.2 Å². The molecule has 6 heteroatoms. The van der Waals surface area contributed by atoms with Crippen LogP contribution in [-0.2, 0) is 0 Å². The van der Waals surface area contributed by atoms with E-state index in [9.17, 15) is 10.1 Å². The van der Waals surface area contributed by atoms with Gasteiger partial charge < -0.3 is 10.4 Å². The SMILES string of the molecule is CC(CCCO)Nc1cc([N+](=O)[O-])ccn1. The molecule has 0 fully saturated rings. The fourth-order valence-corrected chi connectivity index (χ4v) is 1.33. The lowest BCUT2D eigenvalue weighted by atomic mass is 10.2. The van der Waals surface area contributed by atoms with Crippen molar-refractivity contribution in [3.05, 3.63) is 28.4 Å². The Balaban J connectivity index is 2.59. The molecule has 88 valence electrons. The van der Waals surface area contributed by atoms with E-state index in [4.69, 9.17) is 5.11 Å². The molecule has 0 saturated heterocycles. The van der Waals surface area contributed by atoms with E-state index in [2.05, 4.69) is 10.3 Å². The lowest BCUT2D eigenvalue weighted by molar-refractivity contribution is -0.384. The Morgan fingerprint density at radius 1 is 1.69 bits per heavy atom. The zero-order chi connectivity index (χ0) is 12.0. The molecule has 0 spiro atoms. The summed E-state index contributed by atoms with van der Waals surface area (Å²) in [6.45, 7) is 2.09. The van der Waals surface area contributed by atoms with E-state index in [1.807, 2.05) is 6.92 Å². The first kappa shape index (κ1) is 12.4. The van der Waals surface area contributed by atoms with Crippen LogP contribution in [0.4, 0.5) is 11.5 Å². The van der Waals surface area contributed by atoms with Crippen molar-refractivity contribution in [1.29, 1.82) is 0 Å². The highest BCUT2D eigenvalue weighted by molar-refractivity contribution is 5.44. The number of nitro groups is 1. The van der Waals surface area contributed by atoms with Crippen LogP contribution in [0.1, 0.15) is 19.8 Å². The van der Waals surface area contributed by atoms with Crippen LogP contribution in [-0.4, -0.2) is 27.7 Å². The van der Waals surface area contributed by atoms with Gasteiger partial charge in [-0.15, -0.1) is 0 Å². The Hall–Kier alpha value is -1.69. The van der Waals surface area contributed by atoms with Gasteiger partial charge in [0.1, 0.15) is 5.82 Å². The number of nitrogens with zero attached hydrogens (tertiary/aromatic N) is 2. The van der Waals surface area contributed by atoms with Crippen molar-refractivity contribution >= 4 is 11.5 Å². The first-order valence-corrected chi connectivity index (χ1v) is 5.11. The van der Waals surface area contributed by atoms with Gasteiger partial charge in [0.05, 0.1) is 11.0 Å². The summed E-state index contributed by atoms with van der Waals surface area (Å²) in [4.78, 5) is 14.1. The van der Waals surface area contributed by atoms with Gasteiger partial charge in [-0.2, -0.15) is 0 Å². The van der Waals surface area contributed by atoms with Crippen molar-refractivity contribution in [3.8, 4) is 0 Å². The summed E-state index contributed by atoms with van der Waals surface area (Å²) < 4.78 is 0. The van der Waals surface area contributed by atoms with Crippen molar-refractivity contribution in [2.24, 2.45) is 0 Å². The van der Waals surface area contributed by atoms with Crippen molar-refractivity contribution in [2.45, 2.75) is 25.8 Å². The molecule has 0 aromatic carbocycles. The highest BCUT2D eigenvalue weighted by Gasteiger charge is 2.08. The number of pyridine rings is 1. The highest BCUT2D eigenvalue weighted by Crippen LogP contribution is 2.15. The fraction of sp³-hybridized carbons (Fsp3) is 0.500. The van der Waals surface area contributed by atoms with Gasteiger partial charge in [-0.05, 0) is 19.8 Å². The molecule has 0 bridgehead atoms. The third kappa shape index (κ3) is 3.82. The molecule has 1 aromatic rings. The summed E-state index contributed by atoms with van der Waals surface area (Å²) in [5.41, 5.74) is 0.0202. The lowest BCUT2D eigenvalue weighted by Crippen LogP contribution is -2.16. The molecular weight excluding hydrogens is 210 g/mol. The zero-order valence-corrected chi connectivity index (χ0v) is 9.09. The molecule has 1 atom stereocenters. The van der Waals surface area contributed by atoms with E-state index in [-0.39, 0.29) is 18.3 Å². The smallest absolute Gasteiger partial charge is 0.274 e. The molecule has 1 rings (SSSR count). The normalized spacial score (nSPS) is 12.1. The van der Waals surface area contributed by atoms with Gasteiger partial charge in [-0.3, -0.25) is 10.1 Å². The summed E-state index contributed by atoms with van der Waals surface area (Å²) in [6, 6.07) is 2.88. The van der Waals surface area contributed by atoms with E-state index in [0.717, 1.165) is 6.42 Å². The van der Waals surface area contributed by atoms with Crippen LogP contribution in [0.3, 0.4) is 0 Å². The third-order valence-electron chi connectivity index (χ3n) is 2.14. The van der Waals surface area contributed by atoms with Crippen LogP contribution in [0.15, 0.2) is 18.3 Å². The van der Waals surface area contributed by atoms with Crippen molar-refractivity contribution in [2.75, 3.05) is 11.9 Å². The Kier molecular flexibility index (Phi) is 4.65. The molecule has 1 unspecified atom stereocenters. The maximum absolute atomic E-state index is 10.5. The Morgan fingerprint density at radius 3 is 3.06 bits per heavy atom. The Morgan fingerprint density at radius 2 is 2.44 bits per heavy atom. The number of hydrogen-bond acceptors (Lipinski definition) is 5. The van der Waals surface area contributed by atoms with Crippen LogP contribution < -0.4 is 5.32 Å². The lowest BCUT2D eigenvalue weighted by Gasteiger charge is -2.13. The summed E-state index contributed by atoms with van der Waals surface area (Å²) in [6.07, 6.45) is 2.89. The van der Waals surface area contributed by atoms with E-state index in [1.165, 1.54) is 18.3 Å². The molecule has 0 amide bonds. The molecular formula is C10H15N3O3. The highest BCUT2D eigenvalue weighted by atomic mass is 16.6. The first-order chi connectivity index (χ1) is 7.63. The summed E-state index contributed by atoms with van der Waals surface area (Å²) in [5.74, 6) is 0.486. The summed E-state index contributed by atoms with van der Waals surface area (Å²) in [5, 5.41) is 22.2. The van der Waals surface area contributed by atoms with Crippen molar-refractivity contribution < 1.29 is 10.0 Å². The van der Waals surface area contributed by atoms with Crippen LogP contribution in [0, 0.1) is 10.1 Å². The predicted octanol–water partition coefficient (Wildman–Crippen LogP) is 1.56. The minimum atomic E-state index is -0.453. The standard InChI is InChI=1S/C10H15N3O3/c1-8(3-2-6-14)12-10-7-9(13(15)16)4-5-11-10/h4-5,7-8,14H,2-3,6H2,1H3,(H,11,12). The van der Waals surface area contributed by atoms with E-state index >= 15 is 0 Å². The van der Waals surface area contributed by atoms with Gasteiger partial charge in [-0.25, -0.2) is 4.98 Å². The number of aliphatic hydroxyl groups excluding tert-OH is 1. The number of rotatable bonds is 6. The number of aliphatic hydroxyl groups is 1. The van der Waals surface area contributed by atoms with Crippen LogP contribution >= 0.6 is 0 Å². The van der Waals surface area contributed by atoms with Gasteiger partial charge in [0, 0.05) is 24.9 Å². The Bertz CT molecular complexity index is 357. The second-order valence-corrected chi connectivity index (χ2v) is 3.57. The van der Waals surface area contributed by atoms with Crippen LogP contribution in [0.25, 0.3) is 0 Å². The second kappa shape index (κ2) is 6.02. The summed E-state index contributed by atoms with van der Waals surface area (Å²) >= 11 is 0. The van der Waals surface area contributed by atoms with Crippen LogP contribution in [0.2, 0.25) is 0 Å². The second-order valence-electron chi connectivity index (χ2n) is 3.57. The topological polar surface area (TPSA) is 88.3 Å². The monoisotopic (exact) mass is 225 g/mol. The molecule has 0 aliphatic heterocycles. The zero-order valence-electron chi connectivity index (χ0n) is 9.09. The van der Waals surface area contributed by atoms with Gasteiger partial charge in [-0.1, -0.05) is 0 Å². The van der Waals surface area contributed by atoms with Gasteiger partial charge in [0.2, 0.25) is 0 Å². The predicted molar refractivity (Wildman–Crippen MR) is 60.3 cm³/mol. The van der Waals surface area contributed by atoms with E-state index in [1.54, 1.807) is 0 Å². The molecule has 6 nitrogen and oxygen atoms in total. The molecule has 0 saturated carbocycles. The maximum Gasteiger partial charge on any atom is 0.274 e. The van der Waals surface area contributed by atoms with Gasteiger partial charge >= 0.3 is 0 Å². The molecule has 0 aliphatic rings. The number of anilines is 1. The van der Waals surface area contributed by atoms with Crippen molar-refractivity contribution in [3.63, 3.8) is 0 Å². The molecule has 1 heterocycles. The minimum Gasteiger partial charge on any atom is -0.396 e. The first-order valence-electron chi connectivity index (χ1n) is 5.11.